The van der Waals surface area contributed by atoms with Crippen LogP contribution in [-0.4, -0.2) is 66.2 Å². The van der Waals surface area contributed by atoms with Gasteiger partial charge in [-0.3, -0.25) is 19.1 Å². The lowest BCUT2D eigenvalue weighted by atomic mass is 10.2. The lowest BCUT2D eigenvalue weighted by molar-refractivity contribution is -0.115. The second-order valence-electron chi connectivity index (χ2n) is 8.53. The molecular weight excluding hydrogens is 434 g/mol. The van der Waals surface area contributed by atoms with E-state index in [2.05, 4.69) is 27.0 Å². The van der Waals surface area contributed by atoms with E-state index in [1.165, 1.54) is 4.57 Å². The molecule has 1 aromatic carbocycles. The smallest absolute Gasteiger partial charge is 0.330 e. The molecule has 0 spiro atoms. The van der Waals surface area contributed by atoms with Gasteiger partial charge < -0.3 is 25.8 Å². The molecule has 0 unspecified atom stereocenters. The van der Waals surface area contributed by atoms with Crippen molar-refractivity contribution in [1.82, 2.24) is 14.5 Å². The number of piperazine rings is 1. The molecule has 1 fully saturated rings. The molecule has 1 saturated heterocycles. The average Bonchev–Trinajstić information content (AvgIpc) is 2.83. The van der Waals surface area contributed by atoms with Gasteiger partial charge in [-0.2, -0.15) is 0 Å². The van der Waals surface area contributed by atoms with Gasteiger partial charge in [-0.05, 0) is 44.2 Å². The van der Waals surface area contributed by atoms with E-state index in [-0.39, 0.29) is 24.0 Å². The Labute approximate surface area is 200 Å². The minimum atomic E-state index is -0.586. The molecule has 2 heterocycles. The predicted molar refractivity (Wildman–Crippen MR) is 138 cm³/mol. The van der Waals surface area contributed by atoms with Crippen LogP contribution in [0.4, 0.5) is 22.9 Å². The van der Waals surface area contributed by atoms with Crippen LogP contribution in [0.15, 0.2) is 33.9 Å². The summed E-state index contributed by atoms with van der Waals surface area (Å²) < 4.78 is 1.36. The number of benzene rings is 1. The number of aromatic amines is 1. The van der Waals surface area contributed by atoms with Crippen LogP contribution in [-0.2, 0) is 11.3 Å². The first-order chi connectivity index (χ1) is 16.4. The van der Waals surface area contributed by atoms with Gasteiger partial charge in [0, 0.05) is 50.6 Å². The molecule has 0 bridgehead atoms. The molecule has 3 rings (SSSR count). The summed E-state index contributed by atoms with van der Waals surface area (Å²) in [6.45, 7) is 11.9. The molecule has 1 aliphatic heterocycles. The third-order valence-corrected chi connectivity index (χ3v) is 6.32. The molecular formula is C24H37N7O3. The molecule has 10 heteroatoms. The van der Waals surface area contributed by atoms with Gasteiger partial charge in [0.2, 0.25) is 5.91 Å². The number of hydrogen-bond donors (Lipinski definition) is 3. The van der Waals surface area contributed by atoms with Crippen molar-refractivity contribution in [3.63, 3.8) is 0 Å². The Kier molecular flexibility index (Phi) is 8.75. The SMILES string of the molecule is CCCCn1c(N)c(N(CC)CC(=O)Nc2ccc(N3CCN(CC)CC3)cc2)c(=O)[nH]c1=O. The minimum Gasteiger partial charge on any atom is -0.383 e. The lowest BCUT2D eigenvalue weighted by Gasteiger charge is -2.35. The first-order valence-electron chi connectivity index (χ1n) is 12.1. The summed E-state index contributed by atoms with van der Waals surface area (Å²) in [4.78, 5) is 46.2. The van der Waals surface area contributed by atoms with Crippen molar-refractivity contribution in [2.75, 3.05) is 66.7 Å². The number of unbranched alkanes of at least 4 members (excludes halogenated alkanes) is 1. The topological polar surface area (TPSA) is 120 Å². The zero-order chi connectivity index (χ0) is 24.7. The van der Waals surface area contributed by atoms with Gasteiger partial charge in [-0.15, -0.1) is 0 Å². The van der Waals surface area contributed by atoms with Crippen LogP contribution in [0.3, 0.4) is 0 Å². The van der Waals surface area contributed by atoms with E-state index in [4.69, 9.17) is 5.73 Å². The van der Waals surface area contributed by atoms with Crippen LogP contribution in [0.5, 0.6) is 0 Å². The average molecular weight is 472 g/mol. The predicted octanol–water partition coefficient (Wildman–Crippen LogP) is 1.53. The van der Waals surface area contributed by atoms with E-state index in [1.54, 1.807) is 4.90 Å². The maximum absolute atomic E-state index is 12.8. The molecule has 4 N–H and O–H groups in total. The zero-order valence-electron chi connectivity index (χ0n) is 20.5. The van der Waals surface area contributed by atoms with E-state index in [0.29, 0.717) is 18.8 Å². The van der Waals surface area contributed by atoms with Crippen LogP contribution in [0.1, 0.15) is 33.6 Å². The van der Waals surface area contributed by atoms with Crippen LogP contribution in [0, 0.1) is 0 Å². The van der Waals surface area contributed by atoms with E-state index in [1.807, 2.05) is 38.1 Å². The van der Waals surface area contributed by atoms with Crippen molar-refractivity contribution in [3.05, 3.63) is 45.1 Å². The van der Waals surface area contributed by atoms with E-state index < -0.39 is 11.2 Å². The highest BCUT2D eigenvalue weighted by Crippen LogP contribution is 2.20. The first-order valence-corrected chi connectivity index (χ1v) is 12.1. The zero-order valence-corrected chi connectivity index (χ0v) is 20.5. The standard InChI is InChI=1S/C24H37N7O3/c1-4-7-12-31-22(25)21(23(33)27-24(31)34)29(6-3)17-20(32)26-18-8-10-19(11-9-18)30-15-13-28(5-2)14-16-30/h8-11H,4-7,12-17,25H2,1-3H3,(H,26,32)(H,27,33,34). The highest BCUT2D eigenvalue weighted by Gasteiger charge is 2.20. The van der Waals surface area contributed by atoms with Crippen molar-refractivity contribution >= 4 is 28.8 Å². The summed E-state index contributed by atoms with van der Waals surface area (Å²) >= 11 is 0. The summed E-state index contributed by atoms with van der Waals surface area (Å²) in [7, 11) is 0. The second kappa shape index (κ2) is 11.7. The Morgan fingerprint density at radius 2 is 1.76 bits per heavy atom. The number of nitrogens with one attached hydrogen (secondary N) is 2. The number of likely N-dealkylation sites (N-methyl/N-ethyl adjacent to an activating group) is 2. The third kappa shape index (κ3) is 5.99. The number of nitrogens with two attached hydrogens (primary N) is 1. The van der Waals surface area contributed by atoms with Gasteiger partial charge in [0.05, 0.1) is 6.54 Å². The second-order valence-corrected chi connectivity index (χ2v) is 8.53. The lowest BCUT2D eigenvalue weighted by Crippen LogP contribution is -2.46. The summed E-state index contributed by atoms with van der Waals surface area (Å²) in [6.07, 6.45) is 1.64. The Morgan fingerprint density at radius 1 is 1.09 bits per heavy atom. The number of amides is 1. The molecule has 186 valence electrons. The number of carbonyl (C=O) groups is 1. The van der Waals surface area contributed by atoms with Gasteiger partial charge >= 0.3 is 5.69 Å². The van der Waals surface area contributed by atoms with E-state index >= 15 is 0 Å². The maximum Gasteiger partial charge on any atom is 0.330 e. The molecule has 0 aliphatic carbocycles. The van der Waals surface area contributed by atoms with Crippen LogP contribution in [0.2, 0.25) is 0 Å². The fourth-order valence-corrected chi connectivity index (χ4v) is 4.22. The van der Waals surface area contributed by atoms with Gasteiger partial charge in [0.1, 0.15) is 11.5 Å². The number of nitrogens with zero attached hydrogens (tertiary/aromatic N) is 4. The summed E-state index contributed by atoms with van der Waals surface area (Å²) in [5.41, 5.74) is 7.05. The first kappa shape index (κ1) is 25.4. The Morgan fingerprint density at radius 3 is 2.35 bits per heavy atom. The number of carbonyl (C=O) groups excluding carboxylic acids is 1. The number of rotatable bonds is 10. The van der Waals surface area contributed by atoms with E-state index in [0.717, 1.165) is 51.3 Å². The monoisotopic (exact) mass is 471 g/mol. The largest absolute Gasteiger partial charge is 0.383 e. The summed E-state index contributed by atoms with van der Waals surface area (Å²) in [6, 6.07) is 7.81. The molecule has 1 aliphatic rings. The number of H-pyrrole nitrogens is 1. The molecule has 0 radical (unpaired) electrons. The van der Waals surface area contributed by atoms with Gasteiger partial charge in [-0.1, -0.05) is 20.3 Å². The van der Waals surface area contributed by atoms with Crippen molar-refractivity contribution in [2.24, 2.45) is 0 Å². The van der Waals surface area contributed by atoms with Gasteiger partial charge in [0.25, 0.3) is 5.56 Å². The Bertz CT molecular complexity index is 1070. The van der Waals surface area contributed by atoms with Crippen molar-refractivity contribution in [3.8, 4) is 0 Å². The highest BCUT2D eigenvalue weighted by molar-refractivity contribution is 5.94. The fraction of sp³-hybridized carbons (Fsp3) is 0.542. The highest BCUT2D eigenvalue weighted by atomic mass is 16.2. The summed E-state index contributed by atoms with van der Waals surface area (Å²) in [5, 5.41) is 2.89. The Balaban J connectivity index is 1.67. The van der Waals surface area contributed by atoms with Gasteiger partial charge in [-0.25, -0.2) is 4.79 Å². The normalized spacial score (nSPS) is 14.3. The number of aromatic nitrogens is 2. The third-order valence-electron chi connectivity index (χ3n) is 6.32. The molecule has 0 atom stereocenters. The van der Waals surface area contributed by atoms with Crippen LogP contribution < -0.4 is 32.1 Å². The van der Waals surface area contributed by atoms with Crippen molar-refractivity contribution in [2.45, 2.75) is 40.2 Å². The molecule has 0 saturated carbocycles. The quantitative estimate of drug-likeness (QED) is 0.481. The molecule has 1 aromatic heterocycles. The maximum atomic E-state index is 12.8. The van der Waals surface area contributed by atoms with Crippen LogP contribution >= 0.6 is 0 Å². The molecule has 34 heavy (non-hydrogen) atoms. The molecule has 2 aromatic rings. The van der Waals surface area contributed by atoms with E-state index in [9.17, 15) is 14.4 Å². The number of hydrogen-bond acceptors (Lipinski definition) is 7. The number of anilines is 4. The molecule has 1 amide bonds. The van der Waals surface area contributed by atoms with Gasteiger partial charge in [0.15, 0.2) is 0 Å². The Hall–Kier alpha value is -3.27. The fourth-order valence-electron chi connectivity index (χ4n) is 4.22. The summed E-state index contributed by atoms with van der Waals surface area (Å²) in [5.74, 6) is -0.180. The number of nitrogen functional groups attached to an aromatic ring is 1. The van der Waals surface area contributed by atoms with Crippen molar-refractivity contribution in [1.29, 1.82) is 0 Å². The van der Waals surface area contributed by atoms with Crippen molar-refractivity contribution < 1.29 is 4.79 Å². The van der Waals surface area contributed by atoms with Crippen LogP contribution in [0.25, 0.3) is 0 Å². The molecule has 10 nitrogen and oxygen atoms in total. The minimum absolute atomic E-state index is 0.0590.